The number of rotatable bonds is 2. The van der Waals surface area contributed by atoms with Crippen LogP contribution < -0.4 is 0 Å². The van der Waals surface area contributed by atoms with E-state index in [2.05, 4.69) is 4.98 Å². The van der Waals surface area contributed by atoms with Crippen molar-refractivity contribution in [2.75, 3.05) is 0 Å². The molecule has 18 heavy (non-hydrogen) atoms. The molecule has 1 aromatic heterocycles. The third-order valence-electron chi connectivity index (χ3n) is 3.41. The molecule has 3 rings (SSSR count). The first kappa shape index (κ1) is 10.8. The molecule has 0 aliphatic carbocycles. The van der Waals surface area contributed by atoms with Crippen LogP contribution in [0.4, 0.5) is 0 Å². The highest BCUT2D eigenvalue weighted by Crippen LogP contribution is 2.30. The Balaban J connectivity index is 2.37. The predicted octanol–water partition coefficient (Wildman–Crippen LogP) is 3.51. The van der Waals surface area contributed by atoms with Gasteiger partial charge < -0.3 is 10.1 Å². The molecule has 2 aromatic carbocycles. The lowest BCUT2D eigenvalue weighted by Gasteiger charge is -2.07. The number of benzene rings is 2. The molecule has 0 spiro atoms. The summed E-state index contributed by atoms with van der Waals surface area (Å²) in [7, 11) is 0. The Morgan fingerprint density at radius 2 is 1.83 bits per heavy atom. The lowest BCUT2D eigenvalue weighted by Crippen LogP contribution is -2.07. The summed E-state index contributed by atoms with van der Waals surface area (Å²) in [6.07, 6.45) is 0. The molecule has 0 saturated carbocycles. The van der Waals surface area contributed by atoms with Gasteiger partial charge in [0, 0.05) is 16.3 Å². The number of carbonyl (C=O) groups is 1. The second-order valence-corrected chi connectivity index (χ2v) is 4.50. The number of carboxylic acids is 1. The number of aliphatic carboxylic acids is 1. The van der Waals surface area contributed by atoms with Crippen molar-refractivity contribution < 1.29 is 9.90 Å². The molecular formula is C15H13NO2. The molecule has 0 radical (unpaired) electrons. The molecule has 0 aliphatic heterocycles. The van der Waals surface area contributed by atoms with Gasteiger partial charge >= 0.3 is 5.97 Å². The lowest BCUT2D eigenvalue weighted by molar-refractivity contribution is -0.138. The summed E-state index contributed by atoms with van der Waals surface area (Å²) >= 11 is 0. The molecule has 2 N–H and O–H groups in total. The van der Waals surface area contributed by atoms with Gasteiger partial charge in [0.2, 0.25) is 0 Å². The highest BCUT2D eigenvalue weighted by molar-refractivity contribution is 6.08. The van der Waals surface area contributed by atoms with Crippen molar-refractivity contribution in [3.05, 3.63) is 48.0 Å². The highest BCUT2D eigenvalue weighted by atomic mass is 16.4. The Bertz CT molecular complexity index is 742. The molecule has 0 bridgehead atoms. The standard InChI is InChI=1S/C15H13NO2/c1-9(15(17)18)10-6-4-7-12-11-5-2-3-8-13(11)16-14(10)12/h2-9,16H,1H3,(H,17,18). The molecule has 3 aromatic rings. The summed E-state index contributed by atoms with van der Waals surface area (Å²) < 4.78 is 0. The van der Waals surface area contributed by atoms with Crippen LogP contribution in [0.15, 0.2) is 42.5 Å². The van der Waals surface area contributed by atoms with Crippen molar-refractivity contribution in [2.24, 2.45) is 0 Å². The number of hydrogen-bond acceptors (Lipinski definition) is 1. The minimum absolute atomic E-state index is 0.512. The number of para-hydroxylation sites is 2. The third-order valence-corrected chi connectivity index (χ3v) is 3.41. The van der Waals surface area contributed by atoms with Crippen molar-refractivity contribution in [3.8, 4) is 0 Å². The molecule has 1 atom stereocenters. The Labute approximate surface area is 104 Å². The Hall–Kier alpha value is -2.29. The van der Waals surface area contributed by atoms with Crippen LogP contribution in [0.1, 0.15) is 18.4 Å². The molecule has 3 heteroatoms. The van der Waals surface area contributed by atoms with Gasteiger partial charge in [-0.3, -0.25) is 4.79 Å². The van der Waals surface area contributed by atoms with Gasteiger partial charge in [0.15, 0.2) is 0 Å². The van der Waals surface area contributed by atoms with Crippen LogP contribution in [0.3, 0.4) is 0 Å². The summed E-state index contributed by atoms with van der Waals surface area (Å²) in [4.78, 5) is 14.5. The number of fused-ring (bicyclic) bond motifs is 3. The topological polar surface area (TPSA) is 53.1 Å². The number of H-pyrrole nitrogens is 1. The van der Waals surface area contributed by atoms with Gasteiger partial charge in [0.1, 0.15) is 0 Å². The zero-order chi connectivity index (χ0) is 12.7. The van der Waals surface area contributed by atoms with Crippen LogP contribution in [0.5, 0.6) is 0 Å². The van der Waals surface area contributed by atoms with Gasteiger partial charge in [-0.2, -0.15) is 0 Å². The third kappa shape index (κ3) is 1.48. The van der Waals surface area contributed by atoms with E-state index in [-0.39, 0.29) is 0 Å². The van der Waals surface area contributed by atoms with Crippen molar-refractivity contribution in [1.29, 1.82) is 0 Å². The molecule has 0 fully saturated rings. The predicted molar refractivity (Wildman–Crippen MR) is 71.9 cm³/mol. The zero-order valence-corrected chi connectivity index (χ0v) is 9.97. The Morgan fingerprint density at radius 3 is 2.61 bits per heavy atom. The van der Waals surface area contributed by atoms with E-state index in [4.69, 9.17) is 5.11 Å². The molecule has 1 unspecified atom stereocenters. The van der Waals surface area contributed by atoms with Crippen molar-refractivity contribution in [3.63, 3.8) is 0 Å². The minimum Gasteiger partial charge on any atom is -0.481 e. The van der Waals surface area contributed by atoms with Crippen LogP contribution in [0, 0.1) is 0 Å². The molecule has 1 heterocycles. The minimum atomic E-state index is -0.804. The fraction of sp³-hybridized carbons (Fsp3) is 0.133. The fourth-order valence-corrected chi connectivity index (χ4v) is 2.39. The number of carboxylic acid groups (broad SMARTS) is 1. The first-order valence-corrected chi connectivity index (χ1v) is 5.90. The monoisotopic (exact) mass is 239 g/mol. The van der Waals surface area contributed by atoms with Gasteiger partial charge in [-0.15, -0.1) is 0 Å². The molecule has 0 saturated heterocycles. The molecule has 0 amide bonds. The quantitative estimate of drug-likeness (QED) is 0.719. The Kier molecular flexibility index (Phi) is 2.33. The maximum Gasteiger partial charge on any atom is 0.310 e. The van der Waals surface area contributed by atoms with Crippen LogP contribution in [0.2, 0.25) is 0 Å². The van der Waals surface area contributed by atoms with Gasteiger partial charge in [0.05, 0.1) is 11.4 Å². The van der Waals surface area contributed by atoms with Crippen molar-refractivity contribution in [2.45, 2.75) is 12.8 Å². The van der Waals surface area contributed by atoms with E-state index in [0.717, 1.165) is 27.4 Å². The first-order chi connectivity index (χ1) is 8.68. The van der Waals surface area contributed by atoms with E-state index >= 15 is 0 Å². The average molecular weight is 239 g/mol. The summed E-state index contributed by atoms with van der Waals surface area (Å²) in [6, 6.07) is 13.8. The number of aromatic nitrogens is 1. The summed E-state index contributed by atoms with van der Waals surface area (Å²) in [6.45, 7) is 1.71. The van der Waals surface area contributed by atoms with E-state index in [1.54, 1.807) is 6.92 Å². The van der Waals surface area contributed by atoms with Gasteiger partial charge in [-0.05, 0) is 18.6 Å². The number of aromatic amines is 1. The van der Waals surface area contributed by atoms with E-state index in [9.17, 15) is 4.79 Å². The summed E-state index contributed by atoms with van der Waals surface area (Å²) in [5.41, 5.74) is 2.79. The van der Waals surface area contributed by atoms with E-state index < -0.39 is 11.9 Å². The zero-order valence-electron chi connectivity index (χ0n) is 9.97. The van der Waals surface area contributed by atoms with Gasteiger partial charge in [-0.1, -0.05) is 36.4 Å². The maximum atomic E-state index is 11.1. The van der Waals surface area contributed by atoms with E-state index in [1.807, 2.05) is 42.5 Å². The van der Waals surface area contributed by atoms with Crippen molar-refractivity contribution in [1.82, 2.24) is 4.98 Å². The normalized spacial score (nSPS) is 12.9. The van der Waals surface area contributed by atoms with Crippen LogP contribution in [0.25, 0.3) is 21.8 Å². The SMILES string of the molecule is CC(C(=O)O)c1cccc2c1[nH]c1ccccc12. The second kappa shape index (κ2) is 3.88. The summed E-state index contributed by atoms with van der Waals surface area (Å²) in [5.74, 6) is -1.32. The number of hydrogen-bond donors (Lipinski definition) is 2. The largest absolute Gasteiger partial charge is 0.481 e. The smallest absolute Gasteiger partial charge is 0.310 e. The van der Waals surface area contributed by atoms with E-state index in [1.165, 1.54) is 0 Å². The Morgan fingerprint density at radius 1 is 1.11 bits per heavy atom. The van der Waals surface area contributed by atoms with Gasteiger partial charge in [-0.25, -0.2) is 0 Å². The first-order valence-electron chi connectivity index (χ1n) is 5.90. The number of nitrogens with one attached hydrogen (secondary N) is 1. The summed E-state index contributed by atoms with van der Waals surface area (Å²) in [5, 5.41) is 11.4. The van der Waals surface area contributed by atoms with Crippen LogP contribution in [-0.2, 0) is 4.79 Å². The molecule has 3 nitrogen and oxygen atoms in total. The maximum absolute atomic E-state index is 11.1. The van der Waals surface area contributed by atoms with Crippen molar-refractivity contribution >= 4 is 27.8 Å². The van der Waals surface area contributed by atoms with Gasteiger partial charge in [0.25, 0.3) is 0 Å². The molecular weight excluding hydrogens is 226 g/mol. The highest BCUT2D eigenvalue weighted by Gasteiger charge is 2.17. The lowest BCUT2D eigenvalue weighted by atomic mass is 9.98. The molecule has 90 valence electrons. The van der Waals surface area contributed by atoms with E-state index in [0.29, 0.717) is 0 Å². The second-order valence-electron chi connectivity index (χ2n) is 4.50. The fourth-order valence-electron chi connectivity index (χ4n) is 2.39. The van der Waals surface area contributed by atoms with Crippen LogP contribution in [-0.4, -0.2) is 16.1 Å². The molecule has 0 aliphatic rings. The average Bonchev–Trinajstić information content (AvgIpc) is 2.76. The van der Waals surface area contributed by atoms with Crippen LogP contribution >= 0.6 is 0 Å².